The standard InChI is InChI=1S/C23H26BrN3O3/c1-3-4-14-23(18-11-6-5-7-12-18)21(29)27(22(30)25-23)16-20(28)26(2)15-17-10-8-9-13-19(17)24/h5-13H,3-4,14-16H2,1-2H3,(H,25,30). The highest BCUT2D eigenvalue weighted by Crippen LogP contribution is 2.34. The first-order valence-corrected chi connectivity index (χ1v) is 10.9. The van der Waals surface area contributed by atoms with E-state index in [0.717, 1.165) is 33.3 Å². The third-order valence-corrected chi connectivity index (χ3v) is 6.21. The number of imide groups is 1. The van der Waals surface area contributed by atoms with E-state index in [9.17, 15) is 14.4 Å². The molecule has 0 aromatic heterocycles. The fourth-order valence-corrected chi connectivity index (χ4v) is 4.08. The van der Waals surface area contributed by atoms with E-state index in [1.165, 1.54) is 4.90 Å². The summed E-state index contributed by atoms with van der Waals surface area (Å²) in [6, 6.07) is 16.4. The van der Waals surface area contributed by atoms with Crippen LogP contribution in [0.15, 0.2) is 59.1 Å². The third kappa shape index (κ3) is 4.41. The van der Waals surface area contributed by atoms with Gasteiger partial charge in [0.1, 0.15) is 12.1 Å². The van der Waals surface area contributed by atoms with Crippen molar-refractivity contribution >= 4 is 33.8 Å². The minimum atomic E-state index is -1.12. The molecule has 3 rings (SSSR count). The molecule has 1 aliphatic rings. The van der Waals surface area contributed by atoms with Gasteiger partial charge >= 0.3 is 6.03 Å². The molecule has 1 saturated heterocycles. The third-order valence-electron chi connectivity index (χ3n) is 5.43. The van der Waals surface area contributed by atoms with Gasteiger partial charge in [0.05, 0.1) is 0 Å². The van der Waals surface area contributed by atoms with Gasteiger partial charge < -0.3 is 10.2 Å². The number of nitrogens with zero attached hydrogens (tertiary/aromatic N) is 2. The number of hydrogen-bond acceptors (Lipinski definition) is 3. The lowest BCUT2D eigenvalue weighted by Gasteiger charge is -2.27. The van der Waals surface area contributed by atoms with Crippen LogP contribution in [0, 0.1) is 0 Å². The Morgan fingerprint density at radius 1 is 1.10 bits per heavy atom. The normalized spacial score (nSPS) is 18.4. The van der Waals surface area contributed by atoms with Crippen molar-refractivity contribution in [3.63, 3.8) is 0 Å². The predicted molar refractivity (Wildman–Crippen MR) is 119 cm³/mol. The van der Waals surface area contributed by atoms with Gasteiger partial charge in [0.15, 0.2) is 0 Å². The summed E-state index contributed by atoms with van der Waals surface area (Å²) in [6.45, 7) is 2.13. The molecule has 1 N–H and O–H groups in total. The van der Waals surface area contributed by atoms with Crippen LogP contribution in [0.5, 0.6) is 0 Å². The van der Waals surface area contributed by atoms with Crippen molar-refractivity contribution in [3.05, 3.63) is 70.2 Å². The average Bonchev–Trinajstić information content (AvgIpc) is 2.99. The van der Waals surface area contributed by atoms with E-state index in [-0.39, 0.29) is 18.4 Å². The summed E-state index contributed by atoms with van der Waals surface area (Å²) in [6.07, 6.45) is 2.17. The second-order valence-corrected chi connectivity index (χ2v) is 8.39. The van der Waals surface area contributed by atoms with Crippen LogP contribution in [0.25, 0.3) is 0 Å². The molecule has 1 aliphatic heterocycles. The topological polar surface area (TPSA) is 69.7 Å². The van der Waals surface area contributed by atoms with Gasteiger partial charge in [-0.2, -0.15) is 0 Å². The van der Waals surface area contributed by atoms with Crippen molar-refractivity contribution in [2.75, 3.05) is 13.6 Å². The number of carbonyl (C=O) groups excluding carboxylic acids is 3. The molecule has 1 heterocycles. The maximum atomic E-state index is 13.4. The number of likely N-dealkylation sites (N-methyl/N-ethyl adjacent to an activating group) is 1. The van der Waals surface area contributed by atoms with Crippen molar-refractivity contribution in [1.29, 1.82) is 0 Å². The zero-order valence-corrected chi connectivity index (χ0v) is 18.8. The van der Waals surface area contributed by atoms with E-state index in [1.54, 1.807) is 7.05 Å². The molecular weight excluding hydrogens is 446 g/mol. The van der Waals surface area contributed by atoms with Crippen molar-refractivity contribution in [2.45, 2.75) is 38.3 Å². The summed E-state index contributed by atoms with van der Waals surface area (Å²) in [5.74, 6) is -0.664. The van der Waals surface area contributed by atoms with Crippen LogP contribution < -0.4 is 5.32 Å². The molecule has 0 radical (unpaired) electrons. The molecule has 7 heteroatoms. The van der Waals surface area contributed by atoms with Gasteiger partial charge in [-0.15, -0.1) is 0 Å². The first-order valence-electron chi connectivity index (χ1n) is 10.1. The average molecular weight is 472 g/mol. The fraction of sp³-hybridized carbons (Fsp3) is 0.348. The Morgan fingerprint density at radius 2 is 1.77 bits per heavy atom. The van der Waals surface area contributed by atoms with Gasteiger partial charge in [0.25, 0.3) is 5.91 Å². The Labute approximate surface area is 185 Å². The zero-order valence-electron chi connectivity index (χ0n) is 17.2. The van der Waals surface area contributed by atoms with Gasteiger partial charge in [0.2, 0.25) is 5.91 Å². The Bertz CT molecular complexity index is 934. The molecule has 0 bridgehead atoms. The Balaban J connectivity index is 1.77. The van der Waals surface area contributed by atoms with E-state index in [2.05, 4.69) is 21.2 Å². The van der Waals surface area contributed by atoms with Crippen LogP contribution >= 0.6 is 15.9 Å². The smallest absolute Gasteiger partial charge is 0.325 e. The number of carbonyl (C=O) groups is 3. The lowest BCUT2D eigenvalue weighted by Crippen LogP contribution is -2.45. The summed E-state index contributed by atoms with van der Waals surface area (Å²) in [7, 11) is 1.67. The molecule has 158 valence electrons. The molecule has 1 atom stereocenters. The number of hydrogen-bond donors (Lipinski definition) is 1. The Hall–Kier alpha value is -2.67. The molecule has 4 amide bonds. The van der Waals surface area contributed by atoms with E-state index >= 15 is 0 Å². The van der Waals surface area contributed by atoms with Gasteiger partial charge in [-0.3, -0.25) is 14.5 Å². The Morgan fingerprint density at radius 3 is 2.43 bits per heavy atom. The van der Waals surface area contributed by atoms with Crippen molar-refractivity contribution in [3.8, 4) is 0 Å². The summed E-state index contributed by atoms with van der Waals surface area (Å²) in [5, 5.41) is 2.88. The fourth-order valence-electron chi connectivity index (χ4n) is 3.67. The number of halogens is 1. The molecule has 0 aliphatic carbocycles. The van der Waals surface area contributed by atoms with Crippen molar-refractivity contribution in [1.82, 2.24) is 15.1 Å². The van der Waals surface area contributed by atoms with E-state index in [4.69, 9.17) is 0 Å². The van der Waals surface area contributed by atoms with E-state index < -0.39 is 11.6 Å². The highest BCUT2D eigenvalue weighted by Gasteiger charge is 2.52. The lowest BCUT2D eigenvalue weighted by atomic mass is 9.85. The summed E-state index contributed by atoms with van der Waals surface area (Å²) in [5.41, 5.74) is 0.579. The van der Waals surface area contributed by atoms with Crippen molar-refractivity contribution < 1.29 is 14.4 Å². The maximum Gasteiger partial charge on any atom is 0.325 e. The van der Waals surface area contributed by atoms with E-state index in [1.807, 2.05) is 61.5 Å². The number of unbranched alkanes of at least 4 members (excludes halogenated alkanes) is 1. The van der Waals surface area contributed by atoms with Crippen LogP contribution in [0.2, 0.25) is 0 Å². The molecule has 1 unspecified atom stereocenters. The molecule has 1 fully saturated rings. The number of rotatable bonds is 8. The SMILES string of the molecule is CCCCC1(c2ccccc2)NC(=O)N(CC(=O)N(C)Cc2ccccc2Br)C1=O. The van der Waals surface area contributed by atoms with Crippen LogP contribution in [0.4, 0.5) is 4.79 Å². The monoisotopic (exact) mass is 471 g/mol. The molecular formula is C23H26BrN3O3. The summed E-state index contributed by atoms with van der Waals surface area (Å²) in [4.78, 5) is 41.5. The molecule has 6 nitrogen and oxygen atoms in total. The maximum absolute atomic E-state index is 13.4. The largest absolute Gasteiger partial charge is 0.340 e. The minimum absolute atomic E-state index is 0.285. The van der Waals surface area contributed by atoms with Gasteiger partial charge in [-0.05, 0) is 23.6 Å². The minimum Gasteiger partial charge on any atom is -0.340 e. The molecule has 0 saturated carbocycles. The molecule has 2 aromatic carbocycles. The predicted octanol–water partition coefficient (Wildman–Crippen LogP) is 4.05. The first kappa shape index (κ1) is 22.0. The van der Waals surface area contributed by atoms with Crippen LogP contribution in [0.3, 0.4) is 0 Å². The van der Waals surface area contributed by atoms with Gasteiger partial charge in [-0.1, -0.05) is 84.2 Å². The first-order chi connectivity index (χ1) is 14.4. The summed E-state index contributed by atoms with van der Waals surface area (Å²) >= 11 is 3.48. The number of nitrogens with one attached hydrogen (secondary N) is 1. The zero-order chi connectivity index (χ0) is 21.7. The molecule has 0 spiro atoms. The van der Waals surface area contributed by atoms with E-state index in [0.29, 0.717) is 13.0 Å². The van der Waals surface area contributed by atoms with Crippen LogP contribution in [-0.4, -0.2) is 41.2 Å². The number of urea groups is 1. The summed E-state index contributed by atoms with van der Waals surface area (Å²) < 4.78 is 0.905. The number of benzene rings is 2. The van der Waals surface area contributed by atoms with Gasteiger partial charge in [-0.25, -0.2) is 4.79 Å². The Kier molecular flexibility index (Phi) is 6.92. The van der Waals surface area contributed by atoms with Crippen molar-refractivity contribution in [2.24, 2.45) is 0 Å². The molecule has 30 heavy (non-hydrogen) atoms. The second kappa shape index (κ2) is 9.43. The van der Waals surface area contributed by atoms with Crippen LogP contribution in [0.1, 0.15) is 37.3 Å². The van der Waals surface area contributed by atoms with Crippen LogP contribution in [-0.2, 0) is 21.7 Å². The quantitative estimate of drug-likeness (QED) is 0.590. The lowest BCUT2D eigenvalue weighted by molar-refractivity contribution is -0.139. The molecule has 2 aromatic rings. The highest BCUT2D eigenvalue weighted by molar-refractivity contribution is 9.10. The number of amides is 4. The highest BCUT2D eigenvalue weighted by atomic mass is 79.9. The second-order valence-electron chi connectivity index (χ2n) is 7.54. The van der Waals surface area contributed by atoms with Gasteiger partial charge in [0, 0.05) is 18.1 Å².